The predicted octanol–water partition coefficient (Wildman–Crippen LogP) is 4.00. The summed E-state index contributed by atoms with van der Waals surface area (Å²) in [6.07, 6.45) is 5.40. The fourth-order valence-corrected chi connectivity index (χ4v) is 4.85. The van der Waals surface area contributed by atoms with Crippen LogP contribution in [0.5, 0.6) is 0 Å². The number of anilines is 1. The third-order valence-electron chi connectivity index (χ3n) is 6.31. The van der Waals surface area contributed by atoms with Gasteiger partial charge in [0.05, 0.1) is 60.2 Å². The van der Waals surface area contributed by atoms with Gasteiger partial charge in [-0.15, -0.1) is 5.10 Å². The minimum atomic E-state index is -0.579. The first-order chi connectivity index (χ1) is 20.3. The van der Waals surface area contributed by atoms with E-state index in [0.29, 0.717) is 63.5 Å². The second kappa shape index (κ2) is 12.2. The van der Waals surface area contributed by atoms with Crippen molar-refractivity contribution >= 4 is 41.5 Å². The topological polar surface area (TPSA) is 183 Å². The number of nitrogens with one attached hydrogen (secondary N) is 2. The van der Waals surface area contributed by atoms with Gasteiger partial charge in [0.15, 0.2) is 5.15 Å². The van der Waals surface area contributed by atoms with Gasteiger partial charge in [-0.3, -0.25) is 24.5 Å². The maximum Gasteiger partial charge on any atom is 0.411 e. The lowest BCUT2D eigenvalue weighted by molar-refractivity contribution is -0.122. The number of pyridine rings is 1. The van der Waals surface area contributed by atoms with Crippen molar-refractivity contribution in [3.8, 4) is 28.3 Å². The van der Waals surface area contributed by atoms with E-state index in [1.54, 1.807) is 47.3 Å². The molecule has 14 nitrogen and oxygen atoms in total. The standard InChI is InChI=1S/C25H19Cl2N9O3.CH2O2/c1-39-25(38)30-14-3-4-16(28-10-14)18-11-29-24(32-18)20-6-7-22-31-17(9-23(37)36(20)22)15-8-13(26)2-5-19(15)35-12-21(27)33-34-35;2-1-3/h2-5,8-12,20H,6-7H2,1H3,(H,29,32)(H,30,38);1H,(H,2,3)/t20-;/m0./s1. The normalized spacial score (nSPS) is 13.5. The summed E-state index contributed by atoms with van der Waals surface area (Å²) in [4.78, 5) is 50.1. The molecule has 5 aromatic rings. The van der Waals surface area contributed by atoms with Crippen molar-refractivity contribution in [1.29, 1.82) is 0 Å². The molecule has 1 aromatic carbocycles. The van der Waals surface area contributed by atoms with E-state index in [1.165, 1.54) is 24.1 Å². The molecule has 42 heavy (non-hydrogen) atoms. The van der Waals surface area contributed by atoms with Crippen molar-refractivity contribution in [1.82, 2.24) is 39.5 Å². The Labute approximate surface area is 246 Å². The Kier molecular flexibility index (Phi) is 8.26. The Morgan fingerprint density at radius 1 is 1.17 bits per heavy atom. The Hall–Kier alpha value is -5.08. The SMILES string of the molecule is COC(=O)Nc1ccc(-c2cnc([C@@H]3CCc4nc(-c5cc(Cl)ccc5-n5cc(Cl)nn5)cc(=O)n43)[nH]2)nc1.O=CO. The minimum Gasteiger partial charge on any atom is -0.483 e. The summed E-state index contributed by atoms with van der Waals surface area (Å²) in [5.41, 5.74) is 3.33. The number of rotatable bonds is 5. The molecule has 1 atom stereocenters. The molecule has 1 aliphatic heterocycles. The zero-order valence-corrected chi connectivity index (χ0v) is 23.2. The summed E-state index contributed by atoms with van der Waals surface area (Å²) >= 11 is 12.3. The van der Waals surface area contributed by atoms with Gasteiger partial charge in [-0.1, -0.05) is 28.4 Å². The van der Waals surface area contributed by atoms with Crippen molar-refractivity contribution in [2.24, 2.45) is 0 Å². The number of aromatic nitrogens is 8. The summed E-state index contributed by atoms with van der Waals surface area (Å²) in [5, 5.41) is 18.0. The molecule has 1 aliphatic rings. The van der Waals surface area contributed by atoms with Gasteiger partial charge in [0.2, 0.25) is 0 Å². The number of carboxylic acid groups (broad SMARTS) is 1. The fourth-order valence-electron chi connectivity index (χ4n) is 4.55. The molecule has 1 amide bonds. The Balaban J connectivity index is 0.00000113. The van der Waals surface area contributed by atoms with Crippen LogP contribution < -0.4 is 10.9 Å². The maximum atomic E-state index is 13.4. The molecule has 6 rings (SSSR count). The highest BCUT2D eigenvalue weighted by Gasteiger charge is 2.29. The molecule has 0 radical (unpaired) electrons. The van der Waals surface area contributed by atoms with Crippen LogP contribution in [0.2, 0.25) is 10.2 Å². The van der Waals surface area contributed by atoms with Crippen molar-refractivity contribution in [3.63, 3.8) is 0 Å². The van der Waals surface area contributed by atoms with Crippen LogP contribution in [-0.4, -0.2) is 64.3 Å². The molecule has 0 spiro atoms. The zero-order chi connectivity index (χ0) is 29.8. The first kappa shape index (κ1) is 28.4. The van der Waals surface area contributed by atoms with Gasteiger partial charge in [-0.05, 0) is 36.8 Å². The molecule has 0 bridgehead atoms. The summed E-state index contributed by atoms with van der Waals surface area (Å²) in [6, 6.07) is 9.85. The van der Waals surface area contributed by atoms with Gasteiger partial charge < -0.3 is 14.8 Å². The van der Waals surface area contributed by atoms with E-state index in [2.05, 4.69) is 35.3 Å². The van der Waals surface area contributed by atoms with E-state index >= 15 is 0 Å². The number of aromatic amines is 1. The average molecular weight is 610 g/mol. The molecule has 0 fully saturated rings. The van der Waals surface area contributed by atoms with Gasteiger partial charge in [-0.2, -0.15) is 0 Å². The molecule has 5 heterocycles. The first-order valence-electron chi connectivity index (χ1n) is 12.3. The number of carbonyl (C=O) groups is 2. The van der Waals surface area contributed by atoms with E-state index in [1.807, 2.05) is 0 Å². The fraction of sp³-hybridized carbons (Fsp3) is 0.154. The molecule has 0 aliphatic carbocycles. The maximum absolute atomic E-state index is 13.4. The number of aryl methyl sites for hydroxylation is 1. The number of imidazole rings is 1. The van der Waals surface area contributed by atoms with Crippen molar-refractivity contribution in [2.75, 3.05) is 12.4 Å². The molecule has 0 saturated heterocycles. The number of methoxy groups -OCH3 is 1. The highest BCUT2D eigenvalue weighted by Crippen LogP contribution is 2.32. The summed E-state index contributed by atoms with van der Waals surface area (Å²) in [7, 11) is 1.29. The molecule has 4 aromatic heterocycles. The van der Waals surface area contributed by atoms with Gasteiger partial charge in [0.25, 0.3) is 12.0 Å². The predicted molar refractivity (Wildman–Crippen MR) is 152 cm³/mol. The third-order valence-corrected chi connectivity index (χ3v) is 6.72. The Bertz CT molecular complexity index is 1820. The molecule has 214 valence electrons. The lowest BCUT2D eigenvalue weighted by atomic mass is 10.1. The minimum absolute atomic E-state index is 0.214. The summed E-state index contributed by atoms with van der Waals surface area (Å²) < 4.78 is 7.75. The van der Waals surface area contributed by atoms with Gasteiger partial charge in [0, 0.05) is 23.1 Å². The number of ether oxygens (including phenoxy) is 1. The van der Waals surface area contributed by atoms with Crippen molar-refractivity contribution in [3.05, 3.63) is 87.2 Å². The number of fused-ring (bicyclic) bond motifs is 1. The number of carbonyl (C=O) groups excluding carboxylic acids is 1. The smallest absolute Gasteiger partial charge is 0.411 e. The highest BCUT2D eigenvalue weighted by molar-refractivity contribution is 6.31. The lowest BCUT2D eigenvalue weighted by Gasteiger charge is -2.14. The largest absolute Gasteiger partial charge is 0.483 e. The molecular formula is C26H21Cl2N9O5. The van der Waals surface area contributed by atoms with Crippen LogP contribution in [0.4, 0.5) is 10.5 Å². The third kappa shape index (κ3) is 5.84. The summed E-state index contributed by atoms with van der Waals surface area (Å²) in [5.74, 6) is 1.26. The Morgan fingerprint density at radius 3 is 2.67 bits per heavy atom. The van der Waals surface area contributed by atoms with Crippen LogP contribution in [0.15, 0.2) is 59.8 Å². The first-order valence-corrected chi connectivity index (χ1v) is 13.0. The molecular weight excluding hydrogens is 589 g/mol. The van der Waals surface area contributed by atoms with E-state index in [-0.39, 0.29) is 23.2 Å². The number of hydrogen-bond donors (Lipinski definition) is 3. The quantitative estimate of drug-likeness (QED) is 0.246. The number of H-pyrrole nitrogens is 1. The van der Waals surface area contributed by atoms with Crippen molar-refractivity contribution < 1.29 is 19.4 Å². The molecule has 16 heteroatoms. The van der Waals surface area contributed by atoms with Crippen molar-refractivity contribution in [2.45, 2.75) is 18.9 Å². The summed E-state index contributed by atoms with van der Waals surface area (Å²) in [6.45, 7) is -0.250. The van der Waals surface area contributed by atoms with Gasteiger partial charge in [0.1, 0.15) is 11.6 Å². The second-order valence-corrected chi connectivity index (χ2v) is 9.63. The van der Waals surface area contributed by atoms with Crippen LogP contribution in [0.1, 0.15) is 24.1 Å². The monoisotopic (exact) mass is 609 g/mol. The van der Waals surface area contributed by atoms with Crippen LogP contribution >= 0.6 is 23.2 Å². The van der Waals surface area contributed by atoms with Crippen LogP contribution in [0.25, 0.3) is 28.3 Å². The highest BCUT2D eigenvalue weighted by atomic mass is 35.5. The molecule has 0 unspecified atom stereocenters. The van der Waals surface area contributed by atoms with E-state index in [0.717, 1.165) is 0 Å². The number of halogens is 2. The van der Waals surface area contributed by atoms with Gasteiger partial charge >= 0.3 is 6.09 Å². The van der Waals surface area contributed by atoms with E-state index < -0.39 is 6.09 Å². The zero-order valence-electron chi connectivity index (χ0n) is 21.7. The van der Waals surface area contributed by atoms with E-state index in [4.69, 9.17) is 38.1 Å². The number of amides is 1. The Morgan fingerprint density at radius 2 is 1.98 bits per heavy atom. The second-order valence-electron chi connectivity index (χ2n) is 8.80. The number of benzene rings is 1. The average Bonchev–Trinajstić information content (AvgIpc) is 3.74. The van der Waals surface area contributed by atoms with Crippen LogP contribution in [0, 0.1) is 0 Å². The number of nitrogens with zero attached hydrogens (tertiary/aromatic N) is 7. The molecule has 0 saturated carbocycles. The molecule has 3 N–H and O–H groups in total. The number of hydrogen-bond acceptors (Lipinski definition) is 9. The van der Waals surface area contributed by atoms with E-state index in [9.17, 15) is 9.59 Å². The van der Waals surface area contributed by atoms with Crippen LogP contribution in [0.3, 0.4) is 0 Å². The van der Waals surface area contributed by atoms with Crippen LogP contribution in [-0.2, 0) is 16.0 Å². The lowest BCUT2D eigenvalue weighted by Crippen LogP contribution is -2.25. The van der Waals surface area contributed by atoms with Gasteiger partial charge in [-0.25, -0.2) is 19.4 Å².